The first-order chi connectivity index (χ1) is 12.8. The van der Waals surface area contributed by atoms with Gasteiger partial charge in [-0.05, 0) is 49.4 Å². The zero-order valence-electron chi connectivity index (χ0n) is 14.8. The van der Waals surface area contributed by atoms with Crippen LogP contribution in [-0.2, 0) is 14.6 Å². The summed E-state index contributed by atoms with van der Waals surface area (Å²) in [5.74, 6) is 0.559. The van der Waals surface area contributed by atoms with Gasteiger partial charge in [0.15, 0.2) is 15.4 Å². The molecule has 27 heavy (non-hydrogen) atoms. The molecule has 0 aliphatic carbocycles. The topological polar surface area (TPSA) is 85.6 Å². The third-order valence-corrected chi connectivity index (χ3v) is 6.01. The summed E-state index contributed by atoms with van der Waals surface area (Å²) in [6, 6.07) is 11.2. The van der Waals surface area contributed by atoms with E-state index in [1.54, 1.807) is 31.2 Å². The maximum atomic E-state index is 12.4. The number of ether oxygens (including phenoxy) is 1. The zero-order chi connectivity index (χ0) is 19.6. The first kappa shape index (κ1) is 19.3. The van der Waals surface area contributed by atoms with Gasteiger partial charge in [0.1, 0.15) is 11.5 Å². The highest BCUT2D eigenvalue weighted by Crippen LogP contribution is 2.30. The van der Waals surface area contributed by atoms with Gasteiger partial charge in [-0.1, -0.05) is 11.6 Å². The van der Waals surface area contributed by atoms with E-state index in [9.17, 15) is 13.2 Å². The van der Waals surface area contributed by atoms with Crippen molar-refractivity contribution in [2.75, 3.05) is 18.2 Å². The number of furan rings is 1. The van der Waals surface area contributed by atoms with Gasteiger partial charge in [-0.3, -0.25) is 4.79 Å². The summed E-state index contributed by atoms with van der Waals surface area (Å²) in [6.45, 7) is 1.80. The smallest absolute Gasteiger partial charge is 0.225 e. The molecule has 0 saturated heterocycles. The highest BCUT2D eigenvalue weighted by molar-refractivity contribution is 7.91. The number of amides is 1. The van der Waals surface area contributed by atoms with E-state index in [1.165, 1.54) is 19.2 Å². The van der Waals surface area contributed by atoms with Crippen LogP contribution in [0.5, 0.6) is 5.75 Å². The minimum absolute atomic E-state index is 0.148. The van der Waals surface area contributed by atoms with E-state index in [1.807, 2.05) is 6.07 Å². The lowest BCUT2D eigenvalue weighted by atomic mass is 10.2. The molecule has 0 aliphatic rings. The number of hydrogen-bond acceptors (Lipinski definition) is 5. The molecule has 2 aromatic carbocycles. The van der Waals surface area contributed by atoms with Gasteiger partial charge in [0, 0.05) is 17.5 Å². The molecule has 0 atom stereocenters. The van der Waals surface area contributed by atoms with Crippen LogP contribution in [0.4, 0.5) is 5.69 Å². The summed E-state index contributed by atoms with van der Waals surface area (Å²) in [6.07, 6.45) is -0.172. The van der Waals surface area contributed by atoms with E-state index in [2.05, 4.69) is 5.32 Å². The van der Waals surface area contributed by atoms with Crippen LogP contribution in [0.15, 0.2) is 51.8 Å². The number of carbonyl (C=O) groups excluding carboxylic acids is 1. The predicted octanol–water partition coefficient (Wildman–Crippen LogP) is 4.21. The fourth-order valence-corrected chi connectivity index (χ4v) is 4.17. The Morgan fingerprint density at radius 2 is 1.89 bits per heavy atom. The lowest BCUT2D eigenvalue weighted by Gasteiger charge is -2.08. The van der Waals surface area contributed by atoms with Crippen LogP contribution in [0.3, 0.4) is 0 Å². The monoisotopic (exact) mass is 407 g/mol. The van der Waals surface area contributed by atoms with E-state index in [0.29, 0.717) is 27.8 Å². The number of sulfone groups is 1. The number of methoxy groups -OCH3 is 1. The Bertz CT molecular complexity index is 1090. The first-order valence-corrected chi connectivity index (χ1v) is 10.2. The molecule has 0 radical (unpaired) electrons. The second kappa shape index (κ2) is 7.62. The molecule has 0 aliphatic heterocycles. The van der Waals surface area contributed by atoms with E-state index in [-0.39, 0.29) is 17.1 Å². The Morgan fingerprint density at radius 1 is 1.19 bits per heavy atom. The summed E-state index contributed by atoms with van der Waals surface area (Å²) < 4.78 is 35.2. The molecule has 1 heterocycles. The van der Waals surface area contributed by atoms with Crippen molar-refractivity contribution in [1.29, 1.82) is 0 Å². The summed E-state index contributed by atoms with van der Waals surface area (Å²) in [5.41, 5.74) is 1.04. The number of fused-ring (bicyclic) bond motifs is 1. The van der Waals surface area contributed by atoms with Gasteiger partial charge in [-0.2, -0.15) is 0 Å². The zero-order valence-corrected chi connectivity index (χ0v) is 16.4. The number of aryl methyl sites for hydroxylation is 1. The number of benzene rings is 2. The molecule has 0 fully saturated rings. The van der Waals surface area contributed by atoms with Gasteiger partial charge >= 0.3 is 0 Å². The summed E-state index contributed by atoms with van der Waals surface area (Å²) >= 11 is 6.16. The number of rotatable bonds is 6. The summed E-state index contributed by atoms with van der Waals surface area (Å²) in [5, 5.41) is 3.82. The first-order valence-electron chi connectivity index (χ1n) is 8.15. The Hall–Kier alpha value is -2.51. The van der Waals surface area contributed by atoms with E-state index < -0.39 is 15.7 Å². The van der Waals surface area contributed by atoms with E-state index >= 15 is 0 Å². The predicted molar refractivity (Wildman–Crippen MR) is 104 cm³/mol. The van der Waals surface area contributed by atoms with Crippen LogP contribution in [0.1, 0.15) is 12.2 Å². The van der Waals surface area contributed by atoms with Crippen molar-refractivity contribution in [3.05, 3.63) is 53.2 Å². The third-order valence-electron chi connectivity index (χ3n) is 3.99. The number of anilines is 1. The lowest BCUT2D eigenvalue weighted by molar-refractivity contribution is -0.115. The highest BCUT2D eigenvalue weighted by Gasteiger charge is 2.17. The quantitative estimate of drug-likeness (QED) is 0.661. The van der Waals surface area contributed by atoms with Gasteiger partial charge < -0.3 is 14.5 Å². The number of nitrogens with one attached hydrogen (secondary N) is 1. The second-order valence-corrected chi connectivity index (χ2v) is 8.54. The van der Waals surface area contributed by atoms with Gasteiger partial charge in [0.05, 0.1) is 22.8 Å². The van der Waals surface area contributed by atoms with Crippen molar-refractivity contribution < 1.29 is 22.4 Å². The van der Waals surface area contributed by atoms with E-state index in [4.69, 9.17) is 20.8 Å². The van der Waals surface area contributed by atoms with Crippen molar-refractivity contribution in [1.82, 2.24) is 0 Å². The van der Waals surface area contributed by atoms with Crippen molar-refractivity contribution in [3.63, 3.8) is 0 Å². The Balaban J connectivity index is 1.66. The van der Waals surface area contributed by atoms with Gasteiger partial charge in [0.2, 0.25) is 5.91 Å². The van der Waals surface area contributed by atoms with Crippen molar-refractivity contribution in [2.24, 2.45) is 0 Å². The van der Waals surface area contributed by atoms with Crippen molar-refractivity contribution in [3.8, 4) is 5.75 Å². The minimum atomic E-state index is -3.57. The minimum Gasteiger partial charge on any atom is -0.497 e. The standard InChI is InChI=1S/C19H18ClNO5S/c1-12-9-13-10-14(11-17(20)19(13)26-12)21-18(22)7-8-27(23,24)16-5-3-15(25-2)4-6-16/h3-6,9-11H,7-8H2,1-2H3,(H,21,22). The van der Waals surface area contributed by atoms with Crippen LogP contribution in [0, 0.1) is 6.92 Å². The van der Waals surface area contributed by atoms with Gasteiger partial charge in [-0.15, -0.1) is 0 Å². The molecule has 0 saturated carbocycles. The lowest BCUT2D eigenvalue weighted by Crippen LogP contribution is -2.17. The SMILES string of the molecule is COc1ccc(S(=O)(=O)CCC(=O)Nc2cc(Cl)c3oc(C)cc3c2)cc1. The van der Waals surface area contributed by atoms with Crippen LogP contribution in [-0.4, -0.2) is 27.2 Å². The molecule has 1 aromatic heterocycles. The molecule has 1 amide bonds. The number of hydrogen-bond donors (Lipinski definition) is 1. The molecule has 1 N–H and O–H groups in total. The average Bonchev–Trinajstić information content (AvgIpc) is 3.01. The largest absolute Gasteiger partial charge is 0.497 e. The molecule has 142 valence electrons. The molecule has 0 bridgehead atoms. The van der Waals surface area contributed by atoms with Gasteiger partial charge in [-0.25, -0.2) is 8.42 Å². The highest BCUT2D eigenvalue weighted by atomic mass is 35.5. The fraction of sp³-hybridized carbons (Fsp3) is 0.211. The molecule has 3 rings (SSSR count). The number of carbonyl (C=O) groups is 1. The molecule has 0 unspecified atom stereocenters. The molecular formula is C19H18ClNO5S. The molecule has 0 spiro atoms. The summed E-state index contributed by atoms with van der Waals surface area (Å²) in [7, 11) is -2.07. The Labute approximate surface area is 162 Å². The normalized spacial score (nSPS) is 11.5. The Morgan fingerprint density at radius 3 is 2.56 bits per heavy atom. The molecular weight excluding hydrogens is 390 g/mol. The fourth-order valence-electron chi connectivity index (χ4n) is 2.66. The van der Waals surface area contributed by atoms with Crippen LogP contribution < -0.4 is 10.1 Å². The second-order valence-electron chi connectivity index (χ2n) is 6.03. The van der Waals surface area contributed by atoms with Crippen molar-refractivity contribution >= 4 is 44.0 Å². The summed E-state index contributed by atoms with van der Waals surface area (Å²) in [4.78, 5) is 12.3. The van der Waals surface area contributed by atoms with Crippen LogP contribution in [0.25, 0.3) is 11.0 Å². The molecule has 8 heteroatoms. The van der Waals surface area contributed by atoms with Crippen LogP contribution >= 0.6 is 11.6 Å². The van der Waals surface area contributed by atoms with Gasteiger partial charge in [0.25, 0.3) is 0 Å². The van der Waals surface area contributed by atoms with E-state index in [0.717, 1.165) is 5.39 Å². The molecule has 6 nitrogen and oxygen atoms in total. The third kappa shape index (κ3) is 4.43. The van der Waals surface area contributed by atoms with Crippen molar-refractivity contribution in [2.45, 2.75) is 18.2 Å². The molecule has 3 aromatic rings. The maximum Gasteiger partial charge on any atom is 0.225 e. The van der Waals surface area contributed by atoms with Crippen LogP contribution in [0.2, 0.25) is 5.02 Å². The number of halogens is 1. The average molecular weight is 408 g/mol. The maximum absolute atomic E-state index is 12.4. The Kier molecular flexibility index (Phi) is 5.43.